The topological polar surface area (TPSA) is 88.4 Å². The molecule has 0 aliphatic carbocycles. The molecule has 0 radical (unpaired) electrons. The predicted octanol–water partition coefficient (Wildman–Crippen LogP) is -0.974. The molecule has 82 valence electrons. The largest absolute Gasteiger partial charge is 0.496 e. The smallest absolute Gasteiger partial charge is 0.390 e. The van der Waals surface area contributed by atoms with Gasteiger partial charge in [-0.15, -0.1) is 0 Å². The van der Waals surface area contributed by atoms with E-state index in [4.69, 9.17) is 27.7 Å². The summed E-state index contributed by atoms with van der Waals surface area (Å²) in [5, 5.41) is 0. The van der Waals surface area contributed by atoms with E-state index < -0.39 is 17.6 Å². The Morgan fingerprint density at radius 3 is 0.923 bits per heavy atom. The van der Waals surface area contributed by atoms with E-state index in [-0.39, 0.29) is 0 Å². The van der Waals surface area contributed by atoms with Crippen molar-refractivity contribution in [3.8, 4) is 0 Å². The van der Waals surface area contributed by atoms with Crippen LogP contribution in [-0.2, 0) is 13.3 Å². The van der Waals surface area contributed by atoms with Crippen LogP contribution in [0.3, 0.4) is 0 Å². The molecule has 0 aromatic carbocycles. The molecule has 13 heavy (non-hydrogen) atoms. The average molecular weight is 230 g/mol. The first kappa shape index (κ1) is 15.7. The van der Waals surface area contributed by atoms with Gasteiger partial charge in [0.2, 0.25) is 0 Å². The van der Waals surface area contributed by atoms with E-state index in [1.807, 2.05) is 6.55 Å². The Hall–Kier alpha value is 0.194. The molecule has 0 saturated heterocycles. The van der Waals surface area contributed by atoms with Crippen LogP contribution in [0.2, 0.25) is 13.1 Å². The summed E-state index contributed by atoms with van der Waals surface area (Å²) in [6, 6.07) is 0. The summed E-state index contributed by atoms with van der Waals surface area (Å²) >= 11 is 0. The predicted molar refractivity (Wildman–Crippen MR) is 50.9 cm³/mol. The minimum Gasteiger partial charge on any atom is -0.390 e. The van der Waals surface area contributed by atoms with Gasteiger partial charge in [-0.05, 0) is 0 Å². The molecule has 0 aliphatic rings. The fourth-order valence-electron chi connectivity index (χ4n) is 0.250. The zero-order valence-electron chi connectivity index (χ0n) is 8.57. The van der Waals surface area contributed by atoms with Gasteiger partial charge in [-0.25, -0.2) is 0 Å². The van der Waals surface area contributed by atoms with E-state index in [0.29, 0.717) is 0 Å². The summed E-state index contributed by atoms with van der Waals surface area (Å²) < 4.78 is 14.8. The van der Waals surface area contributed by atoms with E-state index in [1.54, 1.807) is 21.3 Å². The van der Waals surface area contributed by atoms with Crippen LogP contribution in [0.15, 0.2) is 0 Å². The van der Waals surface area contributed by atoms with Crippen LogP contribution in [0.1, 0.15) is 0 Å². The third kappa shape index (κ3) is 15.0. The molecule has 0 fully saturated rings. The van der Waals surface area contributed by atoms with Gasteiger partial charge in [0.05, 0.1) is 0 Å². The zero-order valence-corrected chi connectivity index (χ0v) is 10.6. The molecule has 0 rings (SSSR count). The van der Waals surface area contributed by atoms with Crippen LogP contribution in [0, 0.1) is 0 Å². The third-order valence-electron chi connectivity index (χ3n) is 1.11. The van der Waals surface area contributed by atoms with Gasteiger partial charge in [-0.2, -0.15) is 0 Å². The molecule has 0 atom stereocenters. The number of hydrogen-bond donors (Lipinski definition) is 3. The number of rotatable bonds is 3. The average Bonchev–Trinajstić information content (AvgIpc) is 2.00. The molecule has 0 spiro atoms. The van der Waals surface area contributed by atoms with Crippen LogP contribution in [0.4, 0.5) is 0 Å². The van der Waals surface area contributed by atoms with Crippen LogP contribution in [0.25, 0.3) is 0 Å². The Kier molecular flexibility index (Phi) is 7.97. The molecular weight excluding hydrogens is 212 g/mol. The maximum Gasteiger partial charge on any atom is 0.496 e. The van der Waals surface area contributed by atoms with Crippen LogP contribution < -0.4 is 0 Å². The molecule has 0 aromatic rings. The molecule has 0 aliphatic heterocycles. The highest BCUT2D eigenvalue weighted by Gasteiger charge is 2.29. The first-order chi connectivity index (χ1) is 5.68. The Bertz CT molecular complexity index is 106. The van der Waals surface area contributed by atoms with Gasteiger partial charge in [-0.1, -0.05) is 0 Å². The molecule has 3 N–H and O–H groups in total. The van der Waals surface area contributed by atoms with Crippen molar-refractivity contribution in [3.63, 3.8) is 0 Å². The second-order valence-electron chi connectivity index (χ2n) is 2.45. The summed E-state index contributed by atoms with van der Waals surface area (Å²) in [7, 11) is -1.03. The van der Waals surface area contributed by atoms with Crippen molar-refractivity contribution in [1.82, 2.24) is 0 Å². The van der Waals surface area contributed by atoms with Crippen molar-refractivity contribution in [2.75, 3.05) is 21.3 Å². The summed E-state index contributed by atoms with van der Waals surface area (Å²) in [5.74, 6) is 0. The van der Waals surface area contributed by atoms with Crippen molar-refractivity contribution in [2.24, 2.45) is 0 Å². The Balaban J connectivity index is 0. The third-order valence-corrected chi connectivity index (χ3v) is 3.34. The molecule has 0 aromatic heterocycles. The van der Waals surface area contributed by atoms with E-state index >= 15 is 0 Å². The Morgan fingerprint density at radius 2 is 0.923 bits per heavy atom. The molecule has 6 nitrogen and oxygen atoms in total. The lowest BCUT2D eigenvalue weighted by Gasteiger charge is -2.18. The van der Waals surface area contributed by atoms with Gasteiger partial charge in [-0.3, -0.25) is 0 Å². The Labute approximate surface area is 80.4 Å². The van der Waals surface area contributed by atoms with E-state index in [0.717, 1.165) is 6.55 Å². The highest BCUT2D eigenvalue weighted by atomic mass is 28.4. The summed E-state index contributed by atoms with van der Waals surface area (Å²) in [6.07, 6.45) is 0. The maximum absolute atomic E-state index is 7.77. The van der Waals surface area contributed by atoms with Gasteiger partial charge < -0.3 is 27.7 Å². The lowest BCUT2D eigenvalue weighted by atomic mass is 11.8. The van der Waals surface area contributed by atoms with Gasteiger partial charge in [0.15, 0.2) is 0 Å². The second-order valence-corrected chi connectivity index (χ2v) is 7.34. The van der Waals surface area contributed by atoms with Crippen molar-refractivity contribution >= 4 is 17.6 Å². The highest BCUT2D eigenvalue weighted by Crippen LogP contribution is 2.02. The van der Waals surface area contributed by atoms with Crippen molar-refractivity contribution in [1.29, 1.82) is 0 Å². The van der Waals surface area contributed by atoms with Crippen molar-refractivity contribution < 1.29 is 27.7 Å². The minimum atomic E-state index is -3.61. The van der Waals surface area contributed by atoms with E-state index in [9.17, 15) is 0 Å². The quantitative estimate of drug-likeness (QED) is 0.541. The zero-order chi connectivity index (χ0) is 11.1. The Morgan fingerprint density at radius 1 is 0.769 bits per heavy atom. The van der Waals surface area contributed by atoms with Gasteiger partial charge in [0.25, 0.3) is 0 Å². The molecule has 0 bridgehead atoms. The van der Waals surface area contributed by atoms with Crippen molar-refractivity contribution in [2.45, 2.75) is 13.1 Å². The maximum atomic E-state index is 7.77. The fraction of sp³-hybridized carbons (Fsp3) is 1.00. The molecular formula is C5H18O6Si2. The lowest BCUT2D eigenvalue weighted by molar-refractivity contribution is 0.132. The summed E-state index contributed by atoms with van der Waals surface area (Å²) in [6.45, 7) is 2.82. The lowest BCUT2D eigenvalue weighted by Crippen LogP contribution is -2.38. The standard InChI is InChI=1S/C4H12O3Si.CH6O3Si/c1-5-8(4,6-2)7-3;1-5(2,3)4/h1-4H3;2-4H,1H3. The molecule has 0 unspecified atom stereocenters. The van der Waals surface area contributed by atoms with Crippen molar-refractivity contribution in [3.05, 3.63) is 0 Å². The van der Waals surface area contributed by atoms with Crippen LogP contribution in [-0.4, -0.2) is 53.3 Å². The van der Waals surface area contributed by atoms with E-state index in [1.165, 1.54) is 0 Å². The first-order valence-corrected chi connectivity index (χ1v) is 8.07. The molecule has 0 saturated carbocycles. The minimum absolute atomic E-state index is 0.993. The normalized spacial score (nSPS) is 12.0. The van der Waals surface area contributed by atoms with E-state index in [2.05, 4.69) is 0 Å². The molecule has 0 heterocycles. The molecule has 8 heteroatoms. The SMILES string of the molecule is CO[Si](C)(OC)OC.C[Si](O)(O)O. The van der Waals surface area contributed by atoms with Gasteiger partial charge in [0, 0.05) is 34.4 Å². The number of hydrogen-bond acceptors (Lipinski definition) is 6. The second kappa shape index (κ2) is 6.62. The summed E-state index contributed by atoms with van der Waals surface area (Å²) in [5.41, 5.74) is 0. The van der Waals surface area contributed by atoms with Gasteiger partial charge in [0.1, 0.15) is 0 Å². The summed E-state index contributed by atoms with van der Waals surface area (Å²) in [4.78, 5) is 23.3. The molecule has 0 amide bonds. The highest BCUT2D eigenvalue weighted by molar-refractivity contribution is 6.58. The first-order valence-electron chi connectivity index (χ1n) is 3.51. The van der Waals surface area contributed by atoms with Crippen LogP contribution >= 0.6 is 0 Å². The monoisotopic (exact) mass is 230 g/mol. The fourth-order valence-corrected chi connectivity index (χ4v) is 0.750. The van der Waals surface area contributed by atoms with Crippen LogP contribution in [0.5, 0.6) is 0 Å². The van der Waals surface area contributed by atoms with Gasteiger partial charge >= 0.3 is 17.6 Å².